The number of rotatable bonds is 12. The predicted octanol–water partition coefficient (Wildman–Crippen LogP) is 2.34. The van der Waals surface area contributed by atoms with Crippen molar-refractivity contribution in [1.82, 2.24) is 20.6 Å². The number of benzene rings is 1. The third-order valence-electron chi connectivity index (χ3n) is 4.58. The van der Waals surface area contributed by atoms with Crippen molar-refractivity contribution >= 4 is 10.0 Å². The van der Waals surface area contributed by atoms with Crippen LogP contribution in [0.15, 0.2) is 17.0 Å². The fourth-order valence-electron chi connectivity index (χ4n) is 3.26. The normalized spacial score (nSPS) is 11.8. The van der Waals surface area contributed by atoms with Crippen molar-refractivity contribution in [3.63, 3.8) is 0 Å². The summed E-state index contributed by atoms with van der Waals surface area (Å²) in [5.74, 6) is 0.242. The van der Waals surface area contributed by atoms with Crippen molar-refractivity contribution in [2.75, 3.05) is 6.61 Å². The molecule has 2 rings (SSSR count). The Morgan fingerprint density at radius 1 is 1.04 bits per heavy atom. The lowest BCUT2D eigenvalue weighted by atomic mass is 9.96. The van der Waals surface area contributed by atoms with E-state index in [1.54, 1.807) is 0 Å². The summed E-state index contributed by atoms with van der Waals surface area (Å²) in [6.45, 7) is 2.28. The van der Waals surface area contributed by atoms with Gasteiger partial charge in [0, 0.05) is 12.2 Å². The molecule has 0 saturated heterocycles. The summed E-state index contributed by atoms with van der Waals surface area (Å²) in [6.07, 6.45) is 7.86. The first-order chi connectivity index (χ1) is 13.0. The van der Waals surface area contributed by atoms with E-state index in [9.17, 15) is 8.42 Å². The van der Waals surface area contributed by atoms with Gasteiger partial charge in [-0.05, 0) is 48.4 Å². The Bertz CT molecular complexity index is 807. The number of primary sulfonamides is 1. The summed E-state index contributed by atoms with van der Waals surface area (Å²) < 4.78 is 24.9. The number of nitrogens with one attached hydrogen (secondary N) is 1. The van der Waals surface area contributed by atoms with E-state index in [0.717, 1.165) is 50.5 Å². The number of H-pyrrole nitrogens is 1. The summed E-state index contributed by atoms with van der Waals surface area (Å²) in [4.78, 5) is 0.111. The highest BCUT2D eigenvalue weighted by molar-refractivity contribution is 7.89. The van der Waals surface area contributed by atoms with E-state index in [-0.39, 0.29) is 17.3 Å². The van der Waals surface area contributed by atoms with E-state index in [0.29, 0.717) is 24.0 Å². The lowest BCUT2D eigenvalue weighted by Gasteiger charge is -2.16. The molecule has 9 heteroatoms. The van der Waals surface area contributed by atoms with E-state index in [4.69, 9.17) is 10.2 Å². The number of aromatic nitrogens is 4. The monoisotopic (exact) mass is 395 g/mol. The molecule has 0 amide bonds. The molecule has 0 fully saturated rings. The van der Waals surface area contributed by atoms with Crippen LogP contribution in [0.25, 0.3) is 11.4 Å². The average Bonchev–Trinajstić information content (AvgIpc) is 3.16. The number of unbranched alkanes of at least 4 members (excludes halogenated alkanes) is 5. The molecule has 4 N–H and O–H groups in total. The number of hydrogen-bond donors (Lipinski definition) is 3. The minimum atomic E-state index is -3.95. The molecular formula is C18H29N5O3S. The Balaban J connectivity index is 2.44. The minimum Gasteiger partial charge on any atom is -0.396 e. The zero-order chi connectivity index (χ0) is 19.7. The van der Waals surface area contributed by atoms with Crippen molar-refractivity contribution in [1.29, 1.82) is 0 Å². The molecule has 0 unspecified atom stereocenters. The summed E-state index contributed by atoms with van der Waals surface area (Å²) in [6, 6.07) is 3.80. The van der Waals surface area contributed by atoms with E-state index in [2.05, 4.69) is 27.5 Å². The van der Waals surface area contributed by atoms with Gasteiger partial charge in [0.15, 0.2) is 0 Å². The lowest BCUT2D eigenvalue weighted by Crippen LogP contribution is -2.17. The van der Waals surface area contributed by atoms with Gasteiger partial charge in [-0.3, -0.25) is 0 Å². The molecule has 8 nitrogen and oxygen atoms in total. The maximum atomic E-state index is 12.4. The summed E-state index contributed by atoms with van der Waals surface area (Å²) in [5.41, 5.74) is 1.98. The van der Waals surface area contributed by atoms with Gasteiger partial charge in [0.1, 0.15) is 0 Å². The molecule has 0 aliphatic heterocycles. The summed E-state index contributed by atoms with van der Waals surface area (Å²) >= 11 is 0. The molecule has 0 atom stereocenters. The van der Waals surface area contributed by atoms with Crippen LogP contribution in [-0.4, -0.2) is 40.8 Å². The number of aliphatic hydroxyl groups is 1. The standard InChI is InChI=1S/C18H29N5O3S/c1-2-3-4-6-10-15-12-11-14(9-7-5-8-13-24)16(17(15)27(19,25)26)18-20-22-23-21-18/h11-12,24H,2-10,13H2,1H3,(H2,19,25,26)(H,20,21,22,23). The quantitative estimate of drug-likeness (QED) is 0.472. The van der Waals surface area contributed by atoms with Crippen LogP contribution in [0.5, 0.6) is 0 Å². The molecule has 0 radical (unpaired) electrons. The first-order valence-electron chi connectivity index (χ1n) is 9.51. The van der Waals surface area contributed by atoms with Crippen LogP contribution in [0, 0.1) is 0 Å². The highest BCUT2D eigenvalue weighted by Gasteiger charge is 2.25. The number of aryl methyl sites for hydroxylation is 2. The van der Waals surface area contributed by atoms with Crippen molar-refractivity contribution < 1.29 is 13.5 Å². The smallest absolute Gasteiger partial charge is 0.239 e. The van der Waals surface area contributed by atoms with Gasteiger partial charge in [0.2, 0.25) is 15.8 Å². The highest BCUT2D eigenvalue weighted by atomic mass is 32.2. The molecular weight excluding hydrogens is 366 g/mol. The van der Waals surface area contributed by atoms with Gasteiger partial charge >= 0.3 is 0 Å². The van der Waals surface area contributed by atoms with E-state index < -0.39 is 10.0 Å². The van der Waals surface area contributed by atoms with Gasteiger partial charge in [-0.2, -0.15) is 5.21 Å². The SMILES string of the molecule is CCCCCCc1ccc(CCCCCO)c(-c2nn[nH]n2)c1S(N)(=O)=O. The molecule has 0 aliphatic rings. The summed E-state index contributed by atoms with van der Waals surface area (Å²) in [5, 5.41) is 28.5. The Morgan fingerprint density at radius 2 is 1.70 bits per heavy atom. The number of hydrogen-bond acceptors (Lipinski definition) is 6. The fraction of sp³-hybridized carbons (Fsp3) is 0.611. The first kappa shape index (κ1) is 21.5. The molecule has 27 heavy (non-hydrogen) atoms. The van der Waals surface area contributed by atoms with E-state index in [1.807, 2.05) is 12.1 Å². The molecule has 0 bridgehead atoms. The fourth-order valence-corrected chi connectivity index (χ4v) is 4.30. The Kier molecular flexibility index (Phi) is 8.33. The topological polar surface area (TPSA) is 135 Å². The number of tetrazole rings is 1. The molecule has 1 heterocycles. The molecule has 1 aromatic heterocycles. The highest BCUT2D eigenvalue weighted by Crippen LogP contribution is 2.32. The lowest BCUT2D eigenvalue weighted by molar-refractivity contribution is 0.283. The molecule has 0 saturated carbocycles. The van der Waals surface area contributed by atoms with Gasteiger partial charge in [-0.25, -0.2) is 13.6 Å². The largest absolute Gasteiger partial charge is 0.396 e. The third kappa shape index (κ3) is 6.08. The zero-order valence-electron chi connectivity index (χ0n) is 15.8. The van der Waals surface area contributed by atoms with Crippen LogP contribution in [0.3, 0.4) is 0 Å². The van der Waals surface area contributed by atoms with Crippen molar-refractivity contribution in [2.24, 2.45) is 5.14 Å². The zero-order valence-corrected chi connectivity index (χ0v) is 16.6. The predicted molar refractivity (Wildman–Crippen MR) is 103 cm³/mol. The van der Waals surface area contributed by atoms with Gasteiger partial charge in [0.05, 0.1) is 4.90 Å². The van der Waals surface area contributed by atoms with Crippen LogP contribution in [-0.2, 0) is 22.9 Å². The second-order valence-corrected chi connectivity index (χ2v) is 8.21. The van der Waals surface area contributed by atoms with Crippen LogP contribution < -0.4 is 5.14 Å². The number of aliphatic hydroxyl groups excluding tert-OH is 1. The van der Waals surface area contributed by atoms with Gasteiger partial charge in [-0.1, -0.05) is 44.7 Å². The number of sulfonamides is 1. The van der Waals surface area contributed by atoms with Gasteiger partial charge in [0.25, 0.3) is 0 Å². The second-order valence-electron chi connectivity index (χ2n) is 6.71. The van der Waals surface area contributed by atoms with Crippen molar-refractivity contribution in [3.8, 4) is 11.4 Å². The minimum absolute atomic E-state index is 0.111. The van der Waals surface area contributed by atoms with E-state index in [1.165, 1.54) is 0 Å². The van der Waals surface area contributed by atoms with Gasteiger partial charge < -0.3 is 5.11 Å². The average molecular weight is 396 g/mol. The van der Waals surface area contributed by atoms with Crippen LogP contribution >= 0.6 is 0 Å². The maximum absolute atomic E-state index is 12.4. The first-order valence-corrected chi connectivity index (χ1v) is 11.1. The molecule has 1 aromatic carbocycles. The van der Waals surface area contributed by atoms with Gasteiger partial charge in [-0.15, -0.1) is 10.2 Å². The van der Waals surface area contributed by atoms with Crippen LogP contribution in [0.4, 0.5) is 0 Å². The molecule has 150 valence electrons. The van der Waals surface area contributed by atoms with Crippen molar-refractivity contribution in [3.05, 3.63) is 23.3 Å². The second kappa shape index (κ2) is 10.5. The van der Waals surface area contributed by atoms with E-state index >= 15 is 0 Å². The number of nitrogens with zero attached hydrogens (tertiary/aromatic N) is 3. The molecule has 0 aliphatic carbocycles. The summed E-state index contributed by atoms with van der Waals surface area (Å²) in [7, 11) is -3.95. The third-order valence-corrected chi connectivity index (χ3v) is 5.62. The van der Waals surface area contributed by atoms with Crippen LogP contribution in [0.1, 0.15) is 63.0 Å². The van der Waals surface area contributed by atoms with Crippen LogP contribution in [0.2, 0.25) is 0 Å². The molecule has 0 spiro atoms. The molecule has 2 aromatic rings. The van der Waals surface area contributed by atoms with Crippen molar-refractivity contribution in [2.45, 2.75) is 69.6 Å². The Hall–Kier alpha value is -1.84. The Labute approximate surface area is 160 Å². The Morgan fingerprint density at radius 3 is 2.30 bits per heavy atom. The number of aromatic amines is 1. The number of nitrogens with two attached hydrogens (primary N) is 1. The maximum Gasteiger partial charge on any atom is 0.239 e.